The minimum Gasteiger partial charge on any atom is -0.316 e. The van der Waals surface area contributed by atoms with Crippen molar-refractivity contribution in [1.29, 1.82) is 0 Å². The average molecular weight is 283 g/mol. The highest BCUT2D eigenvalue weighted by atomic mass is 32.2. The van der Waals surface area contributed by atoms with E-state index in [2.05, 4.69) is 39.3 Å². The maximum absolute atomic E-state index is 4.54. The summed E-state index contributed by atoms with van der Waals surface area (Å²) in [6.07, 6.45) is 3.25. The molecule has 3 rings (SSSR count). The number of nitrogens with one attached hydrogen (secondary N) is 1. The molecule has 0 bridgehead atoms. The molecule has 18 heavy (non-hydrogen) atoms. The van der Waals surface area contributed by atoms with Crippen molar-refractivity contribution in [2.45, 2.75) is 19.4 Å². The summed E-state index contributed by atoms with van der Waals surface area (Å²) in [7, 11) is 0. The van der Waals surface area contributed by atoms with Gasteiger partial charge in [-0.05, 0) is 18.4 Å². The van der Waals surface area contributed by atoms with Crippen molar-refractivity contribution < 1.29 is 0 Å². The van der Waals surface area contributed by atoms with Gasteiger partial charge < -0.3 is 5.32 Å². The van der Waals surface area contributed by atoms with Crippen LogP contribution >= 0.6 is 23.1 Å². The van der Waals surface area contributed by atoms with Gasteiger partial charge in [0.15, 0.2) is 0 Å². The molecule has 1 N–H and O–H groups in total. The van der Waals surface area contributed by atoms with E-state index >= 15 is 0 Å². The van der Waals surface area contributed by atoms with Gasteiger partial charge >= 0.3 is 0 Å². The molecule has 3 heterocycles. The van der Waals surface area contributed by atoms with E-state index in [1.807, 2.05) is 17.5 Å². The molecule has 0 radical (unpaired) electrons. The van der Waals surface area contributed by atoms with E-state index in [9.17, 15) is 0 Å². The van der Waals surface area contributed by atoms with Crippen molar-refractivity contribution in [3.63, 3.8) is 0 Å². The Kier molecular flexibility index (Phi) is 3.94. The van der Waals surface area contributed by atoms with Gasteiger partial charge in [0.2, 0.25) is 0 Å². The maximum atomic E-state index is 4.54. The molecule has 5 heteroatoms. The third-order valence-corrected chi connectivity index (χ3v) is 5.92. The summed E-state index contributed by atoms with van der Waals surface area (Å²) in [4.78, 5) is 7.20. The van der Waals surface area contributed by atoms with Crippen LogP contribution in [-0.2, 0) is 0 Å². The molecule has 2 saturated heterocycles. The fraction of sp³-hybridized carbons (Fsp3) is 0.769. The smallest absolute Gasteiger partial charge is 0.111 e. The number of aromatic nitrogens is 1. The van der Waals surface area contributed by atoms with Gasteiger partial charge in [0.1, 0.15) is 5.01 Å². The zero-order valence-electron chi connectivity index (χ0n) is 10.9. The van der Waals surface area contributed by atoms with Crippen LogP contribution in [0.5, 0.6) is 0 Å². The minimum atomic E-state index is 0.456. The number of hydrogen-bond acceptors (Lipinski definition) is 5. The lowest BCUT2D eigenvalue weighted by Crippen LogP contribution is -2.43. The van der Waals surface area contributed by atoms with Crippen molar-refractivity contribution in [2.75, 3.05) is 37.7 Å². The second-order valence-electron chi connectivity index (χ2n) is 5.67. The van der Waals surface area contributed by atoms with Gasteiger partial charge in [-0.3, -0.25) is 4.90 Å². The van der Waals surface area contributed by atoms with Crippen LogP contribution < -0.4 is 5.32 Å². The van der Waals surface area contributed by atoms with E-state index in [4.69, 9.17) is 0 Å². The molecule has 0 spiro atoms. The van der Waals surface area contributed by atoms with Gasteiger partial charge in [-0.1, -0.05) is 6.92 Å². The Morgan fingerprint density at radius 2 is 2.56 bits per heavy atom. The SMILES string of the molecule is CC1(CN2CCSCC2c2nccs2)CCNC1. The Balaban J connectivity index is 1.72. The highest BCUT2D eigenvalue weighted by molar-refractivity contribution is 7.99. The molecule has 2 atom stereocenters. The second-order valence-corrected chi connectivity index (χ2v) is 7.74. The van der Waals surface area contributed by atoms with Crippen molar-refractivity contribution >= 4 is 23.1 Å². The number of nitrogens with zero attached hydrogens (tertiary/aromatic N) is 2. The molecule has 100 valence electrons. The third kappa shape index (κ3) is 2.74. The number of hydrogen-bond donors (Lipinski definition) is 1. The first-order valence-electron chi connectivity index (χ1n) is 6.69. The lowest BCUT2D eigenvalue weighted by molar-refractivity contribution is 0.143. The third-order valence-electron chi connectivity index (χ3n) is 4.02. The molecule has 2 fully saturated rings. The number of thiazole rings is 1. The van der Waals surface area contributed by atoms with Crippen LogP contribution in [0.1, 0.15) is 24.4 Å². The highest BCUT2D eigenvalue weighted by Crippen LogP contribution is 2.35. The Bertz CT molecular complexity index is 374. The molecule has 2 aliphatic rings. The predicted octanol–water partition coefficient (Wildman–Crippen LogP) is 2.23. The fourth-order valence-electron chi connectivity index (χ4n) is 2.95. The van der Waals surface area contributed by atoms with E-state index < -0.39 is 0 Å². The van der Waals surface area contributed by atoms with Crippen LogP contribution in [0.25, 0.3) is 0 Å². The van der Waals surface area contributed by atoms with E-state index in [1.54, 1.807) is 0 Å². The van der Waals surface area contributed by atoms with Gasteiger partial charge in [0, 0.05) is 42.7 Å². The molecule has 1 aromatic rings. The van der Waals surface area contributed by atoms with E-state index in [-0.39, 0.29) is 0 Å². The van der Waals surface area contributed by atoms with Crippen LogP contribution in [0, 0.1) is 5.41 Å². The molecular formula is C13H21N3S2. The first-order valence-corrected chi connectivity index (χ1v) is 8.72. The molecule has 3 nitrogen and oxygen atoms in total. The summed E-state index contributed by atoms with van der Waals surface area (Å²) in [5, 5.41) is 6.91. The van der Waals surface area contributed by atoms with Crippen molar-refractivity contribution in [1.82, 2.24) is 15.2 Å². The van der Waals surface area contributed by atoms with Gasteiger partial charge in [0.25, 0.3) is 0 Å². The van der Waals surface area contributed by atoms with E-state index in [0.29, 0.717) is 11.5 Å². The lowest BCUT2D eigenvalue weighted by Gasteiger charge is -2.39. The van der Waals surface area contributed by atoms with Gasteiger partial charge in [-0.2, -0.15) is 11.8 Å². The van der Waals surface area contributed by atoms with Crippen LogP contribution in [0.3, 0.4) is 0 Å². The van der Waals surface area contributed by atoms with Crippen LogP contribution in [0.15, 0.2) is 11.6 Å². The van der Waals surface area contributed by atoms with Crippen molar-refractivity contribution in [2.24, 2.45) is 5.41 Å². The van der Waals surface area contributed by atoms with Crippen molar-refractivity contribution in [3.05, 3.63) is 16.6 Å². The van der Waals surface area contributed by atoms with E-state index in [0.717, 1.165) is 0 Å². The second kappa shape index (κ2) is 5.49. The Hall–Kier alpha value is -0.100. The Morgan fingerprint density at radius 1 is 1.61 bits per heavy atom. The Morgan fingerprint density at radius 3 is 3.28 bits per heavy atom. The first-order chi connectivity index (χ1) is 8.77. The van der Waals surface area contributed by atoms with Crippen LogP contribution in [0.4, 0.5) is 0 Å². The fourth-order valence-corrected chi connectivity index (χ4v) is 4.95. The summed E-state index contributed by atoms with van der Waals surface area (Å²) in [5.74, 6) is 2.47. The number of thioether (sulfide) groups is 1. The number of rotatable bonds is 3. The molecule has 1 aromatic heterocycles. The largest absolute Gasteiger partial charge is 0.316 e. The normalized spacial score (nSPS) is 33.9. The quantitative estimate of drug-likeness (QED) is 0.921. The highest BCUT2D eigenvalue weighted by Gasteiger charge is 2.35. The van der Waals surface area contributed by atoms with Crippen LogP contribution in [0.2, 0.25) is 0 Å². The summed E-state index contributed by atoms with van der Waals surface area (Å²) < 4.78 is 0. The van der Waals surface area contributed by atoms with Gasteiger partial charge in [-0.15, -0.1) is 11.3 Å². The zero-order chi connectivity index (χ0) is 12.4. The molecule has 0 aliphatic carbocycles. The van der Waals surface area contributed by atoms with Crippen molar-refractivity contribution in [3.8, 4) is 0 Å². The zero-order valence-corrected chi connectivity index (χ0v) is 12.5. The molecule has 0 aromatic carbocycles. The summed E-state index contributed by atoms with van der Waals surface area (Å²) in [5.41, 5.74) is 0.456. The van der Waals surface area contributed by atoms with Gasteiger partial charge in [0.05, 0.1) is 6.04 Å². The Labute approximate surface area is 117 Å². The van der Waals surface area contributed by atoms with Gasteiger partial charge in [-0.25, -0.2) is 4.98 Å². The summed E-state index contributed by atoms with van der Waals surface area (Å²) >= 11 is 3.88. The molecule has 0 amide bonds. The summed E-state index contributed by atoms with van der Waals surface area (Å²) in [6, 6.07) is 0.543. The minimum absolute atomic E-state index is 0.456. The van der Waals surface area contributed by atoms with E-state index in [1.165, 1.54) is 49.1 Å². The monoisotopic (exact) mass is 283 g/mol. The first kappa shape index (κ1) is 12.9. The van der Waals surface area contributed by atoms with Crippen LogP contribution in [-0.4, -0.2) is 47.6 Å². The lowest BCUT2D eigenvalue weighted by atomic mass is 9.88. The molecule has 0 saturated carbocycles. The maximum Gasteiger partial charge on any atom is 0.111 e. The standard InChI is InChI=1S/C13H21N3S2/c1-13(2-3-14-9-13)10-16-5-7-17-8-11(16)12-15-4-6-18-12/h4,6,11,14H,2-3,5,7-10H2,1H3. The summed E-state index contributed by atoms with van der Waals surface area (Å²) in [6.45, 7) is 7.20. The topological polar surface area (TPSA) is 28.2 Å². The molecule has 2 unspecified atom stereocenters. The molecule has 2 aliphatic heterocycles. The average Bonchev–Trinajstić information content (AvgIpc) is 3.01. The molecular weight excluding hydrogens is 262 g/mol. The predicted molar refractivity (Wildman–Crippen MR) is 79.3 cm³/mol.